The monoisotopic (exact) mass is 249 g/mol. The molecule has 0 aliphatic heterocycles. The number of nitrogens with two attached hydrogens (primary N) is 1. The summed E-state index contributed by atoms with van der Waals surface area (Å²) in [5.74, 6) is 0. The number of nitrogen functional groups attached to an aromatic ring is 1. The molecule has 0 unspecified atom stereocenters. The summed E-state index contributed by atoms with van der Waals surface area (Å²) in [6.45, 7) is 2.00. The van der Waals surface area contributed by atoms with E-state index in [1.54, 1.807) is 0 Å². The Bertz CT molecular complexity index is 522. The lowest BCUT2D eigenvalue weighted by atomic mass is 10.2. The van der Waals surface area contributed by atoms with E-state index < -0.39 is 0 Å². The molecule has 0 saturated heterocycles. The Labute approximate surface area is 106 Å². The molecule has 0 radical (unpaired) electrons. The van der Waals surface area contributed by atoms with Gasteiger partial charge < -0.3 is 15.5 Å². The molecule has 6 heteroatoms. The van der Waals surface area contributed by atoms with Crippen LogP contribution in [-0.2, 0) is 0 Å². The highest BCUT2D eigenvalue weighted by Gasteiger charge is 2.12. The molecule has 1 aromatic carbocycles. The van der Waals surface area contributed by atoms with Crippen molar-refractivity contribution < 1.29 is 4.63 Å². The fourth-order valence-electron chi connectivity index (χ4n) is 1.93. The topological polar surface area (TPSA) is 71.4 Å². The SMILES string of the molecule is CN(C)CCCN(C)c1ccc(N)c2nonc12. The summed E-state index contributed by atoms with van der Waals surface area (Å²) in [4.78, 5) is 4.32. The molecule has 1 aromatic heterocycles. The molecule has 0 spiro atoms. The highest BCUT2D eigenvalue weighted by molar-refractivity contribution is 5.95. The van der Waals surface area contributed by atoms with Gasteiger partial charge in [-0.2, -0.15) is 0 Å². The van der Waals surface area contributed by atoms with Crippen LogP contribution in [-0.4, -0.2) is 49.4 Å². The maximum absolute atomic E-state index is 5.82. The molecule has 98 valence electrons. The van der Waals surface area contributed by atoms with Crippen LogP contribution in [0.15, 0.2) is 16.8 Å². The lowest BCUT2D eigenvalue weighted by Gasteiger charge is -2.20. The average Bonchev–Trinajstić information content (AvgIpc) is 2.78. The number of aromatic nitrogens is 2. The Morgan fingerprint density at radius 3 is 2.56 bits per heavy atom. The van der Waals surface area contributed by atoms with Crippen LogP contribution in [0.1, 0.15) is 6.42 Å². The Morgan fingerprint density at radius 1 is 1.11 bits per heavy atom. The minimum absolute atomic E-state index is 0.594. The zero-order chi connectivity index (χ0) is 13.1. The zero-order valence-corrected chi connectivity index (χ0v) is 11.1. The fourth-order valence-corrected chi connectivity index (χ4v) is 1.93. The summed E-state index contributed by atoms with van der Waals surface area (Å²) >= 11 is 0. The molecule has 0 fully saturated rings. The molecular formula is C12H19N5O. The van der Waals surface area contributed by atoms with E-state index in [2.05, 4.69) is 34.2 Å². The van der Waals surface area contributed by atoms with E-state index >= 15 is 0 Å². The van der Waals surface area contributed by atoms with Crippen molar-refractivity contribution in [3.05, 3.63) is 12.1 Å². The summed E-state index contributed by atoms with van der Waals surface area (Å²) in [6.07, 6.45) is 1.08. The van der Waals surface area contributed by atoms with Crippen LogP contribution in [0.4, 0.5) is 11.4 Å². The normalized spacial score (nSPS) is 11.3. The number of nitrogens with zero attached hydrogens (tertiary/aromatic N) is 4. The van der Waals surface area contributed by atoms with Crippen molar-refractivity contribution in [3.8, 4) is 0 Å². The Morgan fingerprint density at radius 2 is 1.83 bits per heavy atom. The van der Waals surface area contributed by atoms with Gasteiger partial charge in [0.15, 0.2) is 11.0 Å². The van der Waals surface area contributed by atoms with Gasteiger partial charge in [-0.1, -0.05) is 0 Å². The summed E-state index contributed by atoms with van der Waals surface area (Å²) in [6, 6.07) is 3.79. The fraction of sp³-hybridized carbons (Fsp3) is 0.500. The summed E-state index contributed by atoms with van der Waals surface area (Å²) in [5.41, 5.74) is 8.77. The van der Waals surface area contributed by atoms with E-state index in [1.807, 2.05) is 19.2 Å². The maximum atomic E-state index is 5.82. The first-order chi connectivity index (χ1) is 8.59. The molecule has 2 rings (SSSR count). The molecule has 0 bridgehead atoms. The second kappa shape index (κ2) is 5.22. The van der Waals surface area contributed by atoms with Gasteiger partial charge in [0, 0.05) is 13.6 Å². The molecule has 0 aliphatic rings. The molecule has 0 amide bonds. The van der Waals surface area contributed by atoms with Gasteiger partial charge in [0.2, 0.25) is 0 Å². The molecule has 0 atom stereocenters. The van der Waals surface area contributed by atoms with Crippen molar-refractivity contribution >= 4 is 22.4 Å². The molecule has 2 N–H and O–H groups in total. The van der Waals surface area contributed by atoms with Gasteiger partial charge in [-0.15, -0.1) is 0 Å². The minimum Gasteiger partial charge on any atom is -0.397 e. The van der Waals surface area contributed by atoms with Crippen LogP contribution < -0.4 is 10.6 Å². The van der Waals surface area contributed by atoms with Gasteiger partial charge in [0.1, 0.15) is 0 Å². The largest absolute Gasteiger partial charge is 0.397 e. The minimum atomic E-state index is 0.594. The maximum Gasteiger partial charge on any atom is 0.160 e. The molecule has 6 nitrogen and oxygen atoms in total. The first-order valence-electron chi connectivity index (χ1n) is 5.96. The van der Waals surface area contributed by atoms with Crippen molar-refractivity contribution in [2.24, 2.45) is 0 Å². The number of benzene rings is 1. The predicted molar refractivity (Wildman–Crippen MR) is 72.7 cm³/mol. The number of anilines is 2. The van der Waals surface area contributed by atoms with Crippen molar-refractivity contribution in [2.45, 2.75) is 6.42 Å². The molecular weight excluding hydrogens is 230 g/mol. The summed E-state index contributed by atoms with van der Waals surface area (Å²) in [7, 11) is 6.18. The standard InChI is InChI=1S/C12H19N5O/c1-16(2)7-4-8-17(3)10-6-5-9(13)11-12(10)15-18-14-11/h5-6H,4,7-8,13H2,1-3H3. The average molecular weight is 249 g/mol. The lowest BCUT2D eigenvalue weighted by Crippen LogP contribution is -2.23. The Balaban J connectivity index is 2.15. The van der Waals surface area contributed by atoms with Gasteiger partial charge in [0.05, 0.1) is 11.4 Å². The van der Waals surface area contributed by atoms with E-state index in [0.717, 1.165) is 30.7 Å². The van der Waals surface area contributed by atoms with Gasteiger partial charge in [-0.3, -0.25) is 0 Å². The number of hydrogen-bond donors (Lipinski definition) is 1. The molecule has 0 aliphatic carbocycles. The molecule has 1 heterocycles. The Kier molecular flexibility index (Phi) is 3.66. The number of hydrogen-bond acceptors (Lipinski definition) is 6. The van der Waals surface area contributed by atoms with Crippen molar-refractivity contribution in [2.75, 3.05) is 44.9 Å². The predicted octanol–water partition coefficient (Wildman–Crippen LogP) is 1.19. The highest BCUT2D eigenvalue weighted by atomic mass is 16.6. The number of fused-ring (bicyclic) bond motifs is 1. The van der Waals surface area contributed by atoms with E-state index in [4.69, 9.17) is 10.4 Å². The van der Waals surface area contributed by atoms with Gasteiger partial charge in [0.25, 0.3) is 0 Å². The smallest absolute Gasteiger partial charge is 0.160 e. The van der Waals surface area contributed by atoms with Crippen LogP contribution in [0.5, 0.6) is 0 Å². The van der Waals surface area contributed by atoms with E-state index in [0.29, 0.717) is 11.2 Å². The highest BCUT2D eigenvalue weighted by Crippen LogP contribution is 2.27. The van der Waals surface area contributed by atoms with E-state index in [-0.39, 0.29) is 0 Å². The molecule has 0 saturated carbocycles. The summed E-state index contributed by atoms with van der Waals surface area (Å²) in [5, 5.41) is 7.75. The lowest BCUT2D eigenvalue weighted by molar-refractivity contribution is 0.315. The van der Waals surface area contributed by atoms with Crippen LogP contribution in [0.3, 0.4) is 0 Å². The third kappa shape index (κ3) is 2.53. The third-order valence-corrected chi connectivity index (χ3v) is 2.94. The van der Waals surface area contributed by atoms with Crippen LogP contribution >= 0.6 is 0 Å². The van der Waals surface area contributed by atoms with E-state index in [1.165, 1.54) is 0 Å². The zero-order valence-electron chi connectivity index (χ0n) is 11.1. The second-order valence-electron chi connectivity index (χ2n) is 4.71. The van der Waals surface area contributed by atoms with E-state index in [9.17, 15) is 0 Å². The van der Waals surface area contributed by atoms with Gasteiger partial charge >= 0.3 is 0 Å². The van der Waals surface area contributed by atoms with Crippen LogP contribution in [0.25, 0.3) is 11.0 Å². The summed E-state index contributed by atoms with van der Waals surface area (Å²) < 4.78 is 4.76. The number of rotatable bonds is 5. The molecule has 18 heavy (non-hydrogen) atoms. The van der Waals surface area contributed by atoms with Crippen LogP contribution in [0.2, 0.25) is 0 Å². The molecule has 2 aromatic rings. The van der Waals surface area contributed by atoms with Crippen molar-refractivity contribution in [1.29, 1.82) is 0 Å². The first kappa shape index (κ1) is 12.6. The van der Waals surface area contributed by atoms with Crippen molar-refractivity contribution in [3.63, 3.8) is 0 Å². The van der Waals surface area contributed by atoms with Gasteiger partial charge in [-0.25, -0.2) is 4.63 Å². The van der Waals surface area contributed by atoms with Crippen LogP contribution in [0, 0.1) is 0 Å². The quantitative estimate of drug-likeness (QED) is 0.803. The first-order valence-corrected chi connectivity index (χ1v) is 5.96. The Hall–Kier alpha value is -1.82. The third-order valence-electron chi connectivity index (χ3n) is 2.94. The second-order valence-corrected chi connectivity index (χ2v) is 4.71. The van der Waals surface area contributed by atoms with Gasteiger partial charge in [-0.05, 0) is 49.5 Å². The van der Waals surface area contributed by atoms with Crippen molar-refractivity contribution in [1.82, 2.24) is 15.2 Å².